The fourth-order valence-electron chi connectivity index (χ4n) is 4.37. The van der Waals surface area contributed by atoms with Crippen LogP contribution in [0.2, 0.25) is 0 Å². The van der Waals surface area contributed by atoms with E-state index in [0.717, 1.165) is 64.0 Å². The van der Waals surface area contributed by atoms with E-state index < -0.39 is 6.10 Å². The Morgan fingerprint density at radius 1 is 1.12 bits per heavy atom. The van der Waals surface area contributed by atoms with Crippen molar-refractivity contribution in [1.29, 1.82) is 0 Å². The maximum Gasteiger partial charge on any atom is 0.191 e. The number of guanidine groups is 1. The van der Waals surface area contributed by atoms with Crippen LogP contribution in [-0.4, -0.2) is 81.2 Å². The van der Waals surface area contributed by atoms with Crippen LogP contribution in [0.1, 0.15) is 51.3 Å². The molecule has 0 aromatic heterocycles. The molecule has 7 heteroatoms. The molecular weight excluding hydrogens is 404 g/mol. The highest BCUT2D eigenvalue weighted by Crippen LogP contribution is 2.24. The highest BCUT2D eigenvalue weighted by molar-refractivity contribution is 5.79. The summed E-state index contributed by atoms with van der Waals surface area (Å²) in [5, 5.41) is 17.3. The summed E-state index contributed by atoms with van der Waals surface area (Å²) < 4.78 is 11.2. The quantitative estimate of drug-likeness (QED) is 0.420. The molecule has 7 nitrogen and oxygen atoms in total. The molecule has 3 rings (SSSR count). The molecule has 0 amide bonds. The van der Waals surface area contributed by atoms with Gasteiger partial charge in [0.05, 0.1) is 32.5 Å². The zero-order chi connectivity index (χ0) is 23.0. The second kappa shape index (κ2) is 12.0. The predicted octanol–water partition coefficient (Wildman–Crippen LogP) is 2.31. The van der Waals surface area contributed by atoms with Gasteiger partial charge in [-0.2, -0.15) is 0 Å². The monoisotopic (exact) mass is 446 g/mol. The van der Waals surface area contributed by atoms with Crippen molar-refractivity contribution in [3.63, 3.8) is 0 Å². The number of aliphatic hydroxyl groups is 1. The normalized spacial score (nSPS) is 22.5. The Hall–Kier alpha value is -1.67. The molecule has 2 fully saturated rings. The lowest BCUT2D eigenvalue weighted by molar-refractivity contribution is 0.00368. The highest BCUT2D eigenvalue weighted by Gasteiger charge is 2.31. The summed E-state index contributed by atoms with van der Waals surface area (Å²) in [6, 6.07) is 8.60. The number of aliphatic imine (C=N–C) groups is 1. The number of hydrogen-bond donors (Lipinski definition) is 3. The summed E-state index contributed by atoms with van der Waals surface area (Å²) in [5.74, 6) is 1.25. The molecule has 3 atom stereocenters. The van der Waals surface area contributed by atoms with E-state index in [1.54, 1.807) is 0 Å². The number of hydrogen-bond acceptors (Lipinski definition) is 5. The third-order valence-corrected chi connectivity index (χ3v) is 6.43. The molecule has 0 radical (unpaired) electrons. The second-order valence-electron chi connectivity index (χ2n) is 9.83. The minimum atomic E-state index is -0.592. The van der Waals surface area contributed by atoms with Crippen LogP contribution in [-0.2, 0) is 14.9 Å². The molecule has 2 aliphatic rings. The fourth-order valence-corrected chi connectivity index (χ4v) is 4.37. The largest absolute Gasteiger partial charge is 0.387 e. The Kier molecular flexibility index (Phi) is 9.34. The van der Waals surface area contributed by atoms with Crippen LogP contribution in [0.25, 0.3) is 0 Å². The van der Waals surface area contributed by atoms with Gasteiger partial charge < -0.3 is 25.2 Å². The van der Waals surface area contributed by atoms with Gasteiger partial charge in [-0.05, 0) is 29.9 Å². The van der Waals surface area contributed by atoms with Gasteiger partial charge in [-0.15, -0.1) is 0 Å². The number of aliphatic hydroxyl groups excluding tert-OH is 1. The van der Waals surface area contributed by atoms with E-state index >= 15 is 0 Å². The summed E-state index contributed by atoms with van der Waals surface area (Å²) in [4.78, 5) is 7.39. The molecule has 32 heavy (non-hydrogen) atoms. The zero-order valence-electron chi connectivity index (χ0n) is 20.3. The number of morpholine rings is 1. The Balaban J connectivity index is 1.60. The first kappa shape index (κ1) is 25.0. The Labute approximate surface area is 193 Å². The molecule has 180 valence electrons. The molecule has 1 aromatic carbocycles. The number of ether oxygens (including phenoxy) is 2. The van der Waals surface area contributed by atoms with Crippen LogP contribution in [0.5, 0.6) is 0 Å². The number of nitrogens with zero attached hydrogens (tertiary/aromatic N) is 2. The van der Waals surface area contributed by atoms with Crippen molar-refractivity contribution in [2.24, 2.45) is 10.9 Å². The summed E-state index contributed by atoms with van der Waals surface area (Å²) in [6.07, 6.45) is 0.497. The lowest BCUT2D eigenvalue weighted by Gasteiger charge is -2.36. The van der Waals surface area contributed by atoms with Crippen LogP contribution >= 0.6 is 0 Å². The standard InChI is InChI=1S/C25H42N4O3/c1-5-26-24(28-17-23(30)19-6-8-21(9-7-19)25(2,3)4)27-16-22(20-10-13-32-18-20)29-11-14-31-15-12-29/h6-9,20,22-23,30H,5,10-18H2,1-4H3,(H2,26,27,28). The molecular formula is C25H42N4O3. The van der Waals surface area contributed by atoms with Gasteiger partial charge in [0.1, 0.15) is 0 Å². The highest BCUT2D eigenvalue weighted by atomic mass is 16.5. The topological polar surface area (TPSA) is 78.4 Å². The predicted molar refractivity (Wildman–Crippen MR) is 129 cm³/mol. The van der Waals surface area contributed by atoms with Crippen LogP contribution < -0.4 is 10.6 Å². The van der Waals surface area contributed by atoms with E-state index in [2.05, 4.69) is 55.4 Å². The maximum absolute atomic E-state index is 10.7. The van der Waals surface area contributed by atoms with E-state index in [9.17, 15) is 5.11 Å². The zero-order valence-corrected chi connectivity index (χ0v) is 20.3. The Morgan fingerprint density at radius 2 is 1.84 bits per heavy atom. The minimum Gasteiger partial charge on any atom is -0.387 e. The van der Waals surface area contributed by atoms with Crippen molar-refractivity contribution in [2.75, 3.05) is 59.2 Å². The molecule has 0 spiro atoms. The molecule has 3 unspecified atom stereocenters. The maximum atomic E-state index is 10.7. The first-order chi connectivity index (χ1) is 15.4. The van der Waals surface area contributed by atoms with E-state index in [4.69, 9.17) is 14.5 Å². The van der Waals surface area contributed by atoms with Crippen LogP contribution in [0.3, 0.4) is 0 Å². The summed E-state index contributed by atoms with van der Waals surface area (Å²) in [6.45, 7) is 15.7. The smallest absolute Gasteiger partial charge is 0.191 e. The van der Waals surface area contributed by atoms with Gasteiger partial charge in [-0.25, -0.2) is 0 Å². The number of nitrogens with one attached hydrogen (secondary N) is 2. The molecule has 0 bridgehead atoms. The lowest BCUT2D eigenvalue weighted by Crippen LogP contribution is -2.49. The number of rotatable bonds is 8. The Bertz CT molecular complexity index is 705. The van der Waals surface area contributed by atoms with Gasteiger partial charge >= 0.3 is 0 Å². The molecule has 0 aliphatic carbocycles. The minimum absolute atomic E-state index is 0.105. The fraction of sp³-hybridized carbons (Fsp3) is 0.720. The summed E-state index contributed by atoms with van der Waals surface area (Å²) in [7, 11) is 0. The van der Waals surface area contributed by atoms with Crippen LogP contribution in [0.4, 0.5) is 0 Å². The first-order valence-corrected chi connectivity index (χ1v) is 12.1. The van der Waals surface area contributed by atoms with Crippen molar-refractivity contribution < 1.29 is 14.6 Å². The van der Waals surface area contributed by atoms with Crippen LogP contribution in [0.15, 0.2) is 29.3 Å². The third kappa shape index (κ3) is 7.17. The third-order valence-electron chi connectivity index (χ3n) is 6.43. The summed E-state index contributed by atoms with van der Waals surface area (Å²) >= 11 is 0. The average Bonchev–Trinajstić information content (AvgIpc) is 3.32. The van der Waals surface area contributed by atoms with E-state index in [0.29, 0.717) is 25.0 Å². The second-order valence-corrected chi connectivity index (χ2v) is 9.83. The van der Waals surface area contributed by atoms with E-state index in [1.807, 2.05) is 12.1 Å². The lowest BCUT2D eigenvalue weighted by atomic mass is 9.86. The molecule has 1 aromatic rings. The van der Waals surface area contributed by atoms with Gasteiger partial charge in [0, 0.05) is 44.7 Å². The molecule has 3 N–H and O–H groups in total. The van der Waals surface area contributed by atoms with Gasteiger partial charge in [0.25, 0.3) is 0 Å². The molecule has 2 saturated heterocycles. The molecule has 0 saturated carbocycles. The SMILES string of the molecule is CCNC(=NCC(C1CCOC1)N1CCOCC1)NCC(O)c1ccc(C(C)(C)C)cc1. The van der Waals surface area contributed by atoms with Crippen molar-refractivity contribution in [2.45, 2.75) is 51.7 Å². The average molecular weight is 447 g/mol. The Morgan fingerprint density at radius 3 is 2.44 bits per heavy atom. The first-order valence-electron chi connectivity index (χ1n) is 12.1. The molecule has 2 aliphatic heterocycles. The summed E-state index contributed by atoms with van der Waals surface area (Å²) in [5.41, 5.74) is 2.28. The van der Waals surface area contributed by atoms with Gasteiger partial charge in [0.15, 0.2) is 5.96 Å². The van der Waals surface area contributed by atoms with E-state index in [-0.39, 0.29) is 5.41 Å². The van der Waals surface area contributed by atoms with Gasteiger partial charge in [-0.3, -0.25) is 9.89 Å². The van der Waals surface area contributed by atoms with Gasteiger partial charge in [0.2, 0.25) is 0 Å². The van der Waals surface area contributed by atoms with E-state index in [1.165, 1.54) is 5.56 Å². The van der Waals surface area contributed by atoms with Crippen molar-refractivity contribution in [3.05, 3.63) is 35.4 Å². The number of benzene rings is 1. The van der Waals surface area contributed by atoms with Crippen molar-refractivity contribution in [1.82, 2.24) is 15.5 Å². The van der Waals surface area contributed by atoms with Crippen molar-refractivity contribution in [3.8, 4) is 0 Å². The van der Waals surface area contributed by atoms with Crippen molar-refractivity contribution >= 4 is 5.96 Å². The molecule has 2 heterocycles. The van der Waals surface area contributed by atoms with Crippen LogP contribution in [0, 0.1) is 5.92 Å². The van der Waals surface area contributed by atoms with Gasteiger partial charge in [-0.1, -0.05) is 45.0 Å².